The summed E-state index contributed by atoms with van der Waals surface area (Å²) < 4.78 is 5.22. The van der Waals surface area contributed by atoms with Crippen molar-refractivity contribution in [3.05, 3.63) is 35.4 Å². The molecule has 0 unspecified atom stereocenters. The summed E-state index contributed by atoms with van der Waals surface area (Å²) in [5, 5.41) is 0. The number of hydrogen-bond acceptors (Lipinski definition) is 3. The van der Waals surface area contributed by atoms with Crippen molar-refractivity contribution in [3.63, 3.8) is 0 Å². The van der Waals surface area contributed by atoms with Crippen molar-refractivity contribution in [2.75, 3.05) is 0 Å². The van der Waals surface area contributed by atoms with Gasteiger partial charge in [0.2, 0.25) is 0 Å². The van der Waals surface area contributed by atoms with Gasteiger partial charge in [-0.15, -0.1) is 0 Å². The lowest BCUT2D eigenvalue weighted by molar-refractivity contribution is -0.107. The molecule has 16 heavy (non-hydrogen) atoms. The number of hydrogen-bond donors (Lipinski definition) is 0. The van der Waals surface area contributed by atoms with Gasteiger partial charge in [-0.3, -0.25) is 0 Å². The fraction of sp³-hybridized carbons (Fsp3) is 0.385. The Morgan fingerprint density at radius 1 is 1.25 bits per heavy atom. The second-order valence-electron chi connectivity index (χ2n) is 4.57. The van der Waals surface area contributed by atoms with Crippen molar-refractivity contribution in [3.8, 4) is 0 Å². The van der Waals surface area contributed by atoms with Crippen LogP contribution < -0.4 is 0 Å². The first kappa shape index (κ1) is 12.4. The summed E-state index contributed by atoms with van der Waals surface area (Å²) in [6.07, 6.45) is 1.21. The lowest BCUT2D eigenvalue weighted by Gasteiger charge is -2.19. The first-order valence-electron chi connectivity index (χ1n) is 5.18. The Labute approximate surface area is 95.4 Å². The lowest BCUT2D eigenvalue weighted by atomic mass is 10.1. The van der Waals surface area contributed by atoms with Gasteiger partial charge in [-0.2, -0.15) is 0 Å². The summed E-state index contributed by atoms with van der Waals surface area (Å²) in [6, 6.07) is 6.86. The lowest BCUT2D eigenvalue weighted by Crippen LogP contribution is -2.23. The number of carbonyl (C=O) groups excluding carboxylic acids is 2. The van der Waals surface area contributed by atoms with E-state index in [1.54, 1.807) is 24.3 Å². The predicted octanol–water partition coefficient (Wildman–Crippen LogP) is 2.38. The normalized spacial score (nSPS) is 10.9. The zero-order valence-electron chi connectivity index (χ0n) is 9.82. The molecule has 1 aromatic rings. The first-order valence-corrected chi connectivity index (χ1v) is 5.18. The van der Waals surface area contributed by atoms with E-state index in [2.05, 4.69) is 0 Å². The molecular formula is C13H16O3. The molecule has 0 aliphatic heterocycles. The zero-order chi connectivity index (χ0) is 12.2. The highest BCUT2D eigenvalue weighted by molar-refractivity contribution is 5.89. The molecule has 0 saturated carbocycles. The molecule has 0 heterocycles. The minimum absolute atomic E-state index is 0.342. The van der Waals surface area contributed by atoms with Crippen LogP contribution in [0.1, 0.15) is 36.7 Å². The van der Waals surface area contributed by atoms with Crippen LogP contribution in [0.5, 0.6) is 0 Å². The fourth-order valence-electron chi connectivity index (χ4n) is 1.21. The molecule has 0 radical (unpaired) electrons. The van der Waals surface area contributed by atoms with Gasteiger partial charge in [0.05, 0.1) is 5.56 Å². The Kier molecular flexibility index (Phi) is 3.82. The van der Waals surface area contributed by atoms with Gasteiger partial charge >= 0.3 is 5.97 Å². The number of carbonyl (C=O) groups is 2. The Morgan fingerprint density at radius 3 is 2.25 bits per heavy atom. The van der Waals surface area contributed by atoms with E-state index in [0.717, 1.165) is 11.8 Å². The number of benzene rings is 1. The summed E-state index contributed by atoms with van der Waals surface area (Å²) in [5.74, 6) is -0.342. The summed E-state index contributed by atoms with van der Waals surface area (Å²) in [6.45, 7) is 5.48. The molecule has 1 aromatic carbocycles. The largest absolute Gasteiger partial charge is 0.456 e. The molecular weight excluding hydrogens is 204 g/mol. The van der Waals surface area contributed by atoms with Crippen molar-refractivity contribution >= 4 is 12.3 Å². The molecule has 0 N–H and O–H groups in total. The van der Waals surface area contributed by atoms with E-state index < -0.39 is 5.60 Å². The maximum atomic E-state index is 11.6. The Bertz CT molecular complexity index is 371. The van der Waals surface area contributed by atoms with E-state index in [1.165, 1.54) is 0 Å². The Hall–Kier alpha value is -1.64. The summed E-state index contributed by atoms with van der Waals surface area (Å²) in [7, 11) is 0. The van der Waals surface area contributed by atoms with Gasteiger partial charge < -0.3 is 9.53 Å². The van der Waals surface area contributed by atoms with Crippen molar-refractivity contribution in [2.24, 2.45) is 0 Å². The smallest absolute Gasteiger partial charge is 0.338 e. The van der Waals surface area contributed by atoms with Crippen LogP contribution in [0.4, 0.5) is 0 Å². The van der Waals surface area contributed by atoms with Gasteiger partial charge in [0.15, 0.2) is 0 Å². The van der Waals surface area contributed by atoms with Crippen molar-refractivity contribution in [1.82, 2.24) is 0 Å². The molecule has 1 rings (SSSR count). The van der Waals surface area contributed by atoms with Crippen LogP contribution in [0.3, 0.4) is 0 Å². The van der Waals surface area contributed by atoms with Gasteiger partial charge in [0.1, 0.15) is 11.9 Å². The first-order chi connectivity index (χ1) is 7.42. The van der Waals surface area contributed by atoms with E-state index in [0.29, 0.717) is 12.0 Å². The van der Waals surface area contributed by atoms with Crippen LogP contribution in [0.15, 0.2) is 24.3 Å². The van der Waals surface area contributed by atoms with Crippen molar-refractivity contribution in [1.29, 1.82) is 0 Å². The second kappa shape index (κ2) is 4.92. The maximum Gasteiger partial charge on any atom is 0.338 e. The standard InChI is InChI=1S/C13H16O3/c1-13(2,3)16-12(15)11-6-4-10(5-7-11)8-9-14/h4-7,9H,8H2,1-3H3. The van der Waals surface area contributed by atoms with E-state index >= 15 is 0 Å². The highest BCUT2D eigenvalue weighted by Crippen LogP contribution is 2.12. The van der Waals surface area contributed by atoms with Gasteiger partial charge in [-0.1, -0.05) is 12.1 Å². The van der Waals surface area contributed by atoms with Crippen molar-refractivity contribution < 1.29 is 14.3 Å². The molecule has 0 aromatic heterocycles. The molecule has 0 fully saturated rings. The minimum atomic E-state index is -0.488. The second-order valence-corrected chi connectivity index (χ2v) is 4.57. The van der Waals surface area contributed by atoms with Crippen LogP contribution in [0, 0.1) is 0 Å². The van der Waals surface area contributed by atoms with Crippen LogP contribution in [0.2, 0.25) is 0 Å². The number of aldehydes is 1. The van der Waals surface area contributed by atoms with Gasteiger partial charge in [0, 0.05) is 6.42 Å². The third kappa shape index (κ3) is 3.85. The van der Waals surface area contributed by atoms with Crippen LogP contribution in [0.25, 0.3) is 0 Å². The molecule has 0 amide bonds. The monoisotopic (exact) mass is 220 g/mol. The summed E-state index contributed by atoms with van der Waals surface area (Å²) in [4.78, 5) is 21.9. The highest BCUT2D eigenvalue weighted by atomic mass is 16.6. The minimum Gasteiger partial charge on any atom is -0.456 e. The molecule has 86 valence electrons. The average molecular weight is 220 g/mol. The molecule has 0 aliphatic rings. The van der Waals surface area contributed by atoms with E-state index in [4.69, 9.17) is 4.74 Å². The van der Waals surface area contributed by atoms with Gasteiger partial charge in [-0.05, 0) is 38.5 Å². The van der Waals surface area contributed by atoms with Crippen molar-refractivity contribution in [2.45, 2.75) is 32.8 Å². The number of rotatable bonds is 3. The topological polar surface area (TPSA) is 43.4 Å². The summed E-state index contributed by atoms with van der Waals surface area (Å²) in [5.41, 5.74) is 0.908. The highest BCUT2D eigenvalue weighted by Gasteiger charge is 2.17. The molecule has 0 spiro atoms. The van der Waals surface area contributed by atoms with E-state index in [1.807, 2.05) is 20.8 Å². The molecule has 0 aliphatic carbocycles. The zero-order valence-corrected chi connectivity index (χ0v) is 9.82. The fourth-order valence-corrected chi connectivity index (χ4v) is 1.21. The SMILES string of the molecule is CC(C)(C)OC(=O)c1ccc(CC=O)cc1. The molecule has 3 nitrogen and oxygen atoms in total. The van der Waals surface area contributed by atoms with E-state index in [-0.39, 0.29) is 5.97 Å². The van der Waals surface area contributed by atoms with Crippen LogP contribution in [-0.2, 0) is 16.0 Å². The third-order valence-corrected chi connectivity index (χ3v) is 1.91. The maximum absolute atomic E-state index is 11.6. The van der Waals surface area contributed by atoms with E-state index in [9.17, 15) is 9.59 Å². The predicted molar refractivity (Wildman–Crippen MR) is 61.4 cm³/mol. The van der Waals surface area contributed by atoms with Crippen LogP contribution >= 0.6 is 0 Å². The average Bonchev–Trinajstić information content (AvgIpc) is 2.16. The molecule has 0 saturated heterocycles. The number of esters is 1. The van der Waals surface area contributed by atoms with Gasteiger partial charge in [0.25, 0.3) is 0 Å². The Morgan fingerprint density at radius 2 is 1.81 bits per heavy atom. The third-order valence-electron chi connectivity index (χ3n) is 1.91. The molecule has 3 heteroatoms. The van der Waals surface area contributed by atoms with Gasteiger partial charge in [-0.25, -0.2) is 4.79 Å². The Balaban J connectivity index is 2.74. The summed E-state index contributed by atoms with van der Waals surface area (Å²) >= 11 is 0. The quantitative estimate of drug-likeness (QED) is 0.580. The molecule has 0 bridgehead atoms. The number of ether oxygens (including phenoxy) is 1. The van der Waals surface area contributed by atoms with Crippen LogP contribution in [-0.4, -0.2) is 17.9 Å². The molecule has 0 atom stereocenters.